The molecular formula is C46H28N4S. The number of hydrogen-bond acceptors (Lipinski definition) is 3. The van der Waals surface area contributed by atoms with Gasteiger partial charge in [0.15, 0.2) is 5.82 Å². The molecule has 11 rings (SSSR count). The van der Waals surface area contributed by atoms with E-state index in [4.69, 9.17) is 9.97 Å². The van der Waals surface area contributed by atoms with Crippen LogP contribution in [-0.2, 0) is 0 Å². The van der Waals surface area contributed by atoms with Gasteiger partial charge in [-0.3, -0.25) is 4.57 Å². The van der Waals surface area contributed by atoms with Crippen LogP contribution in [0.25, 0.3) is 97.9 Å². The maximum atomic E-state index is 5.40. The van der Waals surface area contributed by atoms with Crippen LogP contribution in [0.15, 0.2) is 170 Å². The molecule has 0 saturated carbocycles. The third-order valence-electron chi connectivity index (χ3n) is 10.1. The Balaban J connectivity index is 1.41. The summed E-state index contributed by atoms with van der Waals surface area (Å²) in [5, 5.41) is 7.46. The van der Waals surface area contributed by atoms with E-state index in [-0.39, 0.29) is 0 Å². The summed E-state index contributed by atoms with van der Waals surface area (Å²) in [4.78, 5) is 10.6. The minimum atomic E-state index is 0.697. The first-order valence-electron chi connectivity index (χ1n) is 17.2. The highest BCUT2D eigenvalue weighted by Gasteiger charge is 2.27. The van der Waals surface area contributed by atoms with Crippen molar-refractivity contribution in [2.24, 2.45) is 0 Å². The van der Waals surface area contributed by atoms with Crippen molar-refractivity contribution >= 4 is 75.1 Å². The van der Waals surface area contributed by atoms with Gasteiger partial charge in [-0.25, -0.2) is 9.97 Å². The number of rotatable bonds is 4. The zero-order valence-electron chi connectivity index (χ0n) is 27.4. The van der Waals surface area contributed by atoms with Crippen molar-refractivity contribution in [2.75, 3.05) is 0 Å². The highest BCUT2D eigenvalue weighted by Crippen LogP contribution is 2.51. The lowest BCUT2D eigenvalue weighted by molar-refractivity contribution is 1.05. The molecule has 51 heavy (non-hydrogen) atoms. The van der Waals surface area contributed by atoms with Crippen molar-refractivity contribution in [1.29, 1.82) is 0 Å². The first-order valence-corrected chi connectivity index (χ1v) is 18.0. The first kappa shape index (κ1) is 28.3. The van der Waals surface area contributed by atoms with Crippen LogP contribution in [0.1, 0.15) is 0 Å². The van der Waals surface area contributed by atoms with Gasteiger partial charge in [0.25, 0.3) is 0 Å². The fourth-order valence-corrected chi connectivity index (χ4v) is 9.24. The van der Waals surface area contributed by atoms with E-state index in [2.05, 4.69) is 167 Å². The Bertz CT molecular complexity index is 3060. The maximum Gasteiger partial charge on any atom is 0.162 e. The van der Waals surface area contributed by atoms with Gasteiger partial charge in [0.2, 0.25) is 0 Å². The Morgan fingerprint density at radius 3 is 1.73 bits per heavy atom. The lowest BCUT2D eigenvalue weighted by Crippen LogP contribution is -2.03. The van der Waals surface area contributed by atoms with Crippen LogP contribution in [0.3, 0.4) is 0 Å². The minimum absolute atomic E-state index is 0.697. The molecule has 0 fully saturated rings. The molecule has 0 unspecified atom stereocenters. The number of fused-ring (bicyclic) bond motifs is 12. The van der Waals surface area contributed by atoms with Gasteiger partial charge < -0.3 is 4.57 Å². The van der Waals surface area contributed by atoms with Gasteiger partial charge in [-0.05, 0) is 30.3 Å². The van der Waals surface area contributed by atoms with Gasteiger partial charge >= 0.3 is 0 Å². The molecule has 0 bridgehead atoms. The van der Waals surface area contributed by atoms with E-state index in [0.29, 0.717) is 5.82 Å². The Kier molecular flexibility index (Phi) is 6.09. The molecule has 4 heterocycles. The van der Waals surface area contributed by atoms with Crippen LogP contribution in [0, 0.1) is 0 Å². The summed E-state index contributed by atoms with van der Waals surface area (Å²) in [6, 6.07) is 60.2. The summed E-state index contributed by atoms with van der Waals surface area (Å²) in [6.07, 6.45) is 0. The molecule has 4 aromatic heterocycles. The van der Waals surface area contributed by atoms with Gasteiger partial charge in [-0.15, -0.1) is 11.3 Å². The second-order valence-electron chi connectivity index (χ2n) is 13.0. The van der Waals surface area contributed by atoms with Gasteiger partial charge in [-0.1, -0.05) is 133 Å². The molecule has 0 amide bonds. The Morgan fingerprint density at radius 2 is 1.00 bits per heavy atom. The number of thiophene rings is 1. The second-order valence-corrected chi connectivity index (χ2v) is 14.0. The molecule has 0 spiro atoms. The molecule has 0 aliphatic rings. The summed E-state index contributed by atoms with van der Waals surface area (Å²) in [6.45, 7) is 0. The van der Waals surface area contributed by atoms with Crippen molar-refractivity contribution in [3.63, 3.8) is 0 Å². The van der Waals surface area contributed by atoms with Crippen LogP contribution in [-0.4, -0.2) is 19.1 Å². The molecule has 0 aliphatic carbocycles. The smallest absolute Gasteiger partial charge is 0.162 e. The number of para-hydroxylation sites is 3. The highest BCUT2D eigenvalue weighted by molar-refractivity contribution is 7.27. The van der Waals surface area contributed by atoms with E-state index in [1.807, 2.05) is 23.5 Å². The van der Waals surface area contributed by atoms with E-state index in [0.717, 1.165) is 39.4 Å². The Hall–Kier alpha value is -6.56. The minimum Gasteiger partial charge on any atom is -0.308 e. The van der Waals surface area contributed by atoms with Crippen molar-refractivity contribution in [3.05, 3.63) is 170 Å². The summed E-state index contributed by atoms with van der Waals surface area (Å²) < 4.78 is 7.44. The van der Waals surface area contributed by atoms with Gasteiger partial charge in [0, 0.05) is 59.9 Å². The quantitative estimate of drug-likeness (QED) is 0.187. The fourth-order valence-electron chi connectivity index (χ4n) is 7.99. The zero-order valence-corrected chi connectivity index (χ0v) is 28.2. The standard InChI is InChI=1S/C46H28N4S/c1-4-16-29(17-5-1)35-28-39(48-46(47-35)30-18-6-2-7-19-30)50-37-26-14-10-22-32(37)40-41-34-24-12-15-27-38(34)51-45(41)44-42(43(40)50)33-23-11-13-25-36(33)49(44)31-20-8-3-9-21-31/h1-28H. The molecule has 11 aromatic rings. The molecule has 238 valence electrons. The van der Waals surface area contributed by atoms with E-state index in [1.165, 1.54) is 52.8 Å². The van der Waals surface area contributed by atoms with E-state index in [9.17, 15) is 0 Å². The second kappa shape index (κ2) is 11.0. The van der Waals surface area contributed by atoms with Gasteiger partial charge in [0.1, 0.15) is 5.82 Å². The predicted molar refractivity (Wildman–Crippen MR) is 214 cm³/mol. The monoisotopic (exact) mass is 668 g/mol. The molecule has 0 radical (unpaired) electrons. The van der Waals surface area contributed by atoms with Crippen molar-refractivity contribution < 1.29 is 0 Å². The molecule has 0 aliphatic heterocycles. The third-order valence-corrected chi connectivity index (χ3v) is 11.3. The van der Waals surface area contributed by atoms with Crippen LogP contribution in [0.5, 0.6) is 0 Å². The van der Waals surface area contributed by atoms with E-state index >= 15 is 0 Å². The van der Waals surface area contributed by atoms with Crippen molar-refractivity contribution in [2.45, 2.75) is 0 Å². The number of hydrogen-bond donors (Lipinski definition) is 0. The van der Waals surface area contributed by atoms with Crippen molar-refractivity contribution in [3.8, 4) is 34.2 Å². The zero-order chi connectivity index (χ0) is 33.5. The van der Waals surface area contributed by atoms with Crippen LogP contribution in [0.4, 0.5) is 0 Å². The summed E-state index contributed by atoms with van der Waals surface area (Å²) >= 11 is 1.89. The first-order chi connectivity index (χ1) is 25.3. The lowest BCUT2D eigenvalue weighted by atomic mass is 10.0. The molecular weight excluding hydrogens is 641 g/mol. The molecule has 7 aromatic carbocycles. The average Bonchev–Trinajstić information content (AvgIpc) is 3.87. The van der Waals surface area contributed by atoms with Crippen molar-refractivity contribution in [1.82, 2.24) is 19.1 Å². The molecule has 0 saturated heterocycles. The number of nitrogens with zero attached hydrogens (tertiary/aromatic N) is 4. The van der Waals surface area contributed by atoms with E-state index < -0.39 is 0 Å². The lowest BCUT2D eigenvalue weighted by Gasteiger charge is -2.13. The number of aromatic nitrogens is 4. The summed E-state index contributed by atoms with van der Waals surface area (Å²) in [5.41, 5.74) is 8.73. The molecule has 0 N–H and O–H groups in total. The molecule has 0 atom stereocenters. The summed E-state index contributed by atoms with van der Waals surface area (Å²) in [7, 11) is 0. The predicted octanol–water partition coefficient (Wildman–Crippen LogP) is 12.4. The third kappa shape index (κ3) is 4.13. The largest absolute Gasteiger partial charge is 0.308 e. The Labute approximate surface area is 297 Å². The maximum absolute atomic E-state index is 5.40. The van der Waals surface area contributed by atoms with Crippen LogP contribution < -0.4 is 0 Å². The van der Waals surface area contributed by atoms with Gasteiger partial charge in [-0.2, -0.15) is 0 Å². The Morgan fingerprint density at radius 1 is 0.431 bits per heavy atom. The average molecular weight is 669 g/mol. The number of benzene rings is 7. The SMILES string of the molecule is c1ccc(-c2cc(-n3c4ccccc4c4c5c6ccccc6sc5c5c(c6ccccc6n5-c5ccccc5)c43)nc(-c3ccccc3)n2)cc1. The van der Waals surface area contributed by atoms with Gasteiger partial charge in [0.05, 0.1) is 32.5 Å². The normalized spacial score (nSPS) is 11.9. The van der Waals surface area contributed by atoms with Crippen LogP contribution in [0.2, 0.25) is 0 Å². The molecule has 5 heteroatoms. The topological polar surface area (TPSA) is 35.6 Å². The molecule has 4 nitrogen and oxygen atoms in total. The summed E-state index contributed by atoms with van der Waals surface area (Å²) in [5.74, 6) is 1.54. The van der Waals surface area contributed by atoms with E-state index in [1.54, 1.807) is 0 Å². The fraction of sp³-hybridized carbons (Fsp3) is 0. The van der Waals surface area contributed by atoms with Crippen LogP contribution >= 0.6 is 11.3 Å². The highest BCUT2D eigenvalue weighted by atomic mass is 32.1.